The minimum absolute atomic E-state index is 0.244. The van der Waals surface area contributed by atoms with Crippen molar-refractivity contribution in [3.8, 4) is 10.4 Å². The number of likely N-dealkylation sites (tertiary alicyclic amines) is 1. The fourth-order valence-electron chi connectivity index (χ4n) is 4.69. The molecule has 6 heteroatoms. The molecular formula is C26H32N4OS. The average Bonchev–Trinajstić information content (AvgIpc) is 3.35. The summed E-state index contributed by atoms with van der Waals surface area (Å²) < 4.78 is 0. The smallest absolute Gasteiger partial charge is 0.228 e. The van der Waals surface area contributed by atoms with Gasteiger partial charge in [0.1, 0.15) is 5.82 Å². The second-order valence-corrected chi connectivity index (χ2v) is 9.88. The van der Waals surface area contributed by atoms with Crippen molar-refractivity contribution in [2.24, 2.45) is 5.41 Å². The normalized spacial score (nSPS) is 16.1. The molecule has 0 aliphatic carbocycles. The first-order valence-electron chi connectivity index (χ1n) is 11.4. The molecule has 1 aliphatic rings. The van der Waals surface area contributed by atoms with E-state index in [9.17, 15) is 4.79 Å². The van der Waals surface area contributed by atoms with Crippen molar-refractivity contribution in [3.63, 3.8) is 0 Å². The lowest BCUT2D eigenvalue weighted by Gasteiger charge is -2.42. The van der Waals surface area contributed by atoms with Crippen LogP contribution in [0, 0.1) is 5.41 Å². The van der Waals surface area contributed by atoms with Crippen molar-refractivity contribution in [3.05, 3.63) is 71.1 Å². The van der Waals surface area contributed by atoms with Crippen molar-refractivity contribution in [1.82, 2.24) is 19.8 Å². The van der Waals surface area contributed by atoms with Gasteiger partial charge in [0.05, 0.1) is 5.41 Å². The zero-order valence-electron chi connectivity index (χ0n) is 19.3. The van der Waals surface area contributed by atoms with Crippen LogP contribution < -0.4 is 0 Å². The molecule has 168 valence electrons. The first-order chi connectivity index (χ1) is 15.5. The Morgan fingerprint density at radius 3 is 2.44 bits per heavy atom. The molecule has 0 N–H and O–H groups in total. The third-order valence-electron chi connectivity index (χ3n) is 6.49. The highest BCUT2D eigenvalue weighted by molar-refractivity contribution is 7.13. The lowest BCUT2D eigenvalue weighted by molar-refractivity contribution is -0.142. The Labute approximate surface area is 195 Å². The minimum Gasteiger partial charge on any atom is -0.348 e. The van der Waals surface area contributed by atoms with Crippen molar-refractivity contribution in [2.75, 3.05) is 27.2 Å². The van der Waals surface area contributed by atoms with E-state index < -0.39 is 0 Å². The fourth-order valence-corrected chi connectivity index (χ4v) is 5.48. The predicted molar refractivity (Wildman–Crippen MR) is 131 cm³/mol. The lowest BCUT2D eigenvalue weighted by Crippen LogP contribution is -2.49. The van der Waals surface area contributed by atoms with Gasteiger partial charge in [0.2, 0.25) is 5.91 Å². The molecule has 5 nitrogen and oxygen atoms in total. The highest BCUT2D eigenvalue weighted by Crippen LogP contribution is 2.40. The van der Waals surface area contributed by atoms with Crippen molar-refractivity contribution in [2.45, 2.75) is 39.2 Å². The Bertz CT molecular complexity index is 1020. The number of aromatic nitrogens is 2. The number of thiophene rings is 1. The minimum atomic E-state index is -0.365. The summed E-state index contributed by atoms with van der Waals surface area (Å²) in [6.45, 7) is 4.70. The van der Waals surface area contributed by atoms with Gasteiger partial charge in [-0.15, -0.1) is 11.3 Å². The second kappa shape index (κ2) is 9.92. The Morgan fingerprint density at radius 1 is 1.09 bits per heavy atom. The van der Waals surface area contributed by atoms with Crippen molar-refractivity contribution < 1.29 is 4.79 Å². The number of carbonyl (C=O) groups is 1. The molecule has 0 atom stereocenters. The molecule has 3 aromatic rings. The standard InChI is InChI=1S/C26H32N4OS/c1-4-24-27-17-20(18-28-24)19-30-13-11-26(12-14-30,25(31)29(2)3)16-21-8-5-6-9-22(21)23-10-7-15-32-23/h5-10,15,17-18H,4,11-14,16,19H2,1-3H3. The molecule has 0 spiro atoms. The van der Waals surface area contributed by atoms with Gasteiger partial charge in [0.15, 0.2) is 0 Å². The summed E-state index contributed by atoms with van der Waals surface area (Å²) in [5.41, 5.74) is 3.29. The predicted octanol–water partition coefficient (Wildman–Crippen LogP) is 4.68. The summed E-state index contributed by atoms with van der Waals surface area (Å²) in [4.78, 5) is 27.8. The fraction of sp³-hybridized carbons (Fsp3) is 0.423. The molecule has 3 heterocycles. The molecule has 1 saturated heterocycles. The van der Waals surface area contributed by atoms with Gasteiger partial charge in [-0.05, 0) is 54.9 Å². The zero-order chi connectivity index (χ0) is 22.6. The van der Waals surface area contributed by atoms with Gasteiger partial charge in [-0.2, -0.15) is 0 Å². The number of nitrogens with zero attached hydrogens (tertiary/aromatic N) is 4. The van der Waals surface area contributed by atoms with Crippen LogP contribution in [-0.4, -0.2) is 52.9 Å². The Morgan fingerprint density at radius 2 is 1.81 bits per heavy atom. The highest BCUT2D eigenvalue weighted by atomic mass is 32.1. The third kappa shape index (κ3) is 4.92. The SMILES string of the molecule is CCc1ncc(CN2CCC(Cc3ccccc3-c3cccs3)(C(=O)N(C)C)CC2)cn1. The van der Waals surface area contributed by atoms with E-state index in [2.05, 4.69) is 63.6 Å². The largest absolute Gasteiger partial charge is 0.348 e. The van der Waals surface area contributed by atoms with Crippen LogP contribution in [0.4, 0.5) is 0 Å². The maximum Gasteiger partial charge on any atom is 0.228 e. The molecule has 0 bridgehead atoms. The maximum absolute atomic E-state index is 13.4. The second-order valence-electron chi connectivity index (χ2n) is 8.93. The summed E-state index contributed by atoms with van der Waals surface area (Å²) in [5, 5.41) is 2.11. The van der Waals surface area contributed by atoms with Crippen molar-refractivity contribution in [1.29, 1.82) is 0 Å². The lowest BCUT2D eigenvalue weighted by atomic mass is 9.72. The molecule has 0 unspecified atom stereocenters. The molecule has 1 aliphatic heterocycles. The van der Waals surface area contributed by atoms with Gasteiger partial charge in [-0.25, -0.2) is 9.97 Å². The molecule has 1 amide bonds. The zero-order valence-corrected chi connectivity index (χ0v) is 20.1. The van der Waals surface area contributed by atoms with E-state index in [1.54, 1.807) is 16.2 Å². The number of piperidine rings is 1. The quantitative estimate of drug-likeness (QED) is 0.527. The van der Waals surface area contributed by atoms with E-state index in [0.29, 0.717) is 0 Å². The van der Waals surface area contributed by atoms with E-state index >= 15 is 0 Å². The molecule has 4 rings (SSSR count). The molecule has 0 radical (unpaired) electrons. The molecule has 0 saturated carbocycles. The number of amides is 1. The van der Waals surface area contributed by atoms with Crippen LogP contribution in [0.25, 0.3) is 10.4 Å². The van der Waals surface area contributed by atoms with Gasteiger partial charge in [0.25, 0.3) is 0 Å². The van der Waals surface area contributed by atoms with E-state index in [-0.39, 0.29) is 11.3 Å². The number of carbonyl (C=O) groups excluding carboxylic acids is 1. The van der Waals surface area contributed by atoms with E-state index in [1.807, 2.05) is 26.5 Å². The third-order valence-corrected chi connectivity index (χ3v) is 7.39. The molecule has 1 fully saturated rings. The number of hydrogen-bond acceptors (Lipinski definition) is 5. The summed E-state index contributed by atoms with van der Waals surface area (Å²) in [6.07, 6.45) is 7.23. The van der Waals surface area contributed by atoms with E-state index in [4.69, 9.17) is 0 Å². The van der Waals surface area contributed by atoms with Gasteiger partial charge in [-0.1, -0.05) is 37.3 Å². The average molecular weight is 449 g/mol. The van der Waals surface area contributed by atoms with Crippen LogP contribution in [0.3, 0.4) is 0 Å². The maximum atomic E-state index is 13.4. The van der Waals surface area contributed by atoms with Gasteiger partial charge in [0, 0.05) is 49.9 Å². The molecule has 32 heavy (non-hydrogen) atoms. The summed E-state index contributed by atoms with van der Waals surface area (Å²) in [5.74, 6) is 1.13. The first-order valence-corrected chi connectivity index (χ1v) is 12.2. The highest BCUT2D eigenvalue weighted by Gasteiger charge is 2.42. The van der Waals surface area contributed by atoms with E-state index in [0.717, 1.165) is 56.7 Å². The topological polar surface area (TPSA) is 49.3 Å². The number of benzene rings is 1. The first kappa shape index (κ1) is 22.6. The van der Waals surface area contributed by atoms with Crippen LogP contribution in [-0.2, 0) is 24.2 Å². The Balaban J connectivity index is 1.52. The molecule has 1 aromatic carbocycles. The van der Waals surface area contributed by atoms with Gasteiger partial charge < -0.3 is 4.90 Å². The van der Waals surface area contributed by atoms with Gasteiger partial charge in [-0.3, -0.25) is 9.69 Å². The van der Waals surface area contributed by atoms with Crippen LogP contribution in [0.2, 0.25) is 0 Å². The van der Waals surface area contributed by atoms with Gasteiger partial charge >= 0.3 is 0 Å². The summed E-state index contributed by atoms with van der Waals surface area (Å²) in [7, 11) is 3.77. The Kier molecular flexibility index (Phi) is 7.01. The van der Waals surface area contributed by atoms with Crippen LogP contribution in [0.1, 0.15) is 36.7 Å². The van der Waals surface area contributed by atoms with Crippen LogP contribution in [0.15, 0.2) is 54.2 Å². The molecule has 2 aromatic heterocycles. The van der Waals surface area contributed by atoms with Crippen LogP contribution >= 0.6 is 11.3 Å². The monoisotopic (exact) mass is 448 g/mol. The molecular weight excluding hydrogens is 416 g/mol. The number of hydrogen-bond donors (Lipinski definition) is 0. The summed E-state index contributed by atoms with van der Waals surface area (Å²) >= 11 is 1.75. The summed E-state index contributed by atoms with van der Waals surface area (Å²) in [6, 6.07) is 12.8. The van der Waals surface area contributed by atoms with E-state index in [1.165, 1.54) is 16.0 Å². The number of aryl methyl sites for hydroxylation is 1. The van der Waals surface area contributed by atoms with Crippen LogP contribution in [0.5, 0.6) is 0 Å². The Hall–Kier alpha value is -2.57. The number of rotatable bonds is 7. The van der Waals surface area contributed by atoms with Crippen molar-refractivity contribution >= 4 is 17.2 Å².